The highest BCUT2D eigenvalue weighted by atomic mass is 16.6. The fourth-order valence-corrected chi connectivity index (χ4v) is 3.11. The highest BCUT2D eigenvalue weighted by Gasteiger charge is 2.42. The monoisotopic (exact) mass is 375 g/mol. The van der Waals surface area contributed by atoms with Crippen molar-refractivity contribution in [3.05, 3.63) is 35.9 Å². The van der Waals surface area contributed by atoms with Gasteiger partial charge in [-0.25, -0.2) is 9.69 Å². The first-order valence-corrected chi connectivity index (χ1v) is 9.34. The number of carbonyl (C=O) groups is 3. The van der Waals surface area contributed by atoms with E-state index in [9.17, 15) is 14.4 Å². The van der Waals surface area contributed by atoms with Gasteiger partial charge in [0, 0.05) is 0 Å². The lowest BCUT2D eigenvalue weighted by Gasteiger charge is -2.27. The van der Waals surface area contributed by atoms with Crippen LogP contribution >= 0.6 is 0 Å². The van der Waals surface area contributed by atoms with Crippen LogP contribution in [0.1, 0.15) is 46.6 Å². The van der Waals surface area contributed by atoms with Crippen LogP contribution < -0.4 is 0 Å². The Kier molecular flexibility index (Phi) is 6.63. The van der Waals surface area contributed by atoms with Gasteiger partial charge in [0.2, 0.25) is 5.91 Å². The summed E-state index contributed by atoms with van der Waals surface area (Å²) in [4.78, 5) is 38.9. The van der Waals surface area contributed by atoms with Crippen LogP contribution in [0.15, 0.2) is 30.3 Å². The van der Waals surface area contributed by atoms with E-state index in [2.05, 4.69) is 0 Å². The summed E-state index contributed by atoms with van der Waals surface area (Å²) in [5, 5.41) is 0. The molecule has 0 aromatic heterocycles. The van der Waals surface area contributed by atoms with E-state index in [0.29, 0.717) is 6.42 Å². The van der Waals surface area contributed by atoms with Crippen molar-refractivity contribution in [1.82, 2.24) is 4.90 Å². The van der Waals surface area contributed by atoms with E-state index in [0.717, 1.165) is 5.56 Å². The Morgan fingerprint density at radius 2 is 1.85 bits per heavy atom. The predicted octanol–water partition coefficient (Wildman–Crippen LogP) is 3.58. The van der Waals surface area contributed by atoms with Crippen molar-refractivity contribution < 1.29 is 23.9 Å². The third-order valence-corrected chi connectivity index (χ3v) is 4.42. The average Bonchev–Trinajstić information content (AvgIpc) is 2.94. The Hall–Kier alpha value is -2.37. The summed E-state index contributed by atoms with van der Waals surface area (Å²) in [6, 6.07) is 9.13. The Morgan fingerprint density at radius 3 is 2.41 bits per heavy atom. The van der Waals surface area contributed by atoms with Gasteiger partial charge in [-0.3, -0.25) is 9.59 Å². The lowest BCUT2D eigenvalue weighted by molar-refractivity contribution is -0.158. The van der Waals surface area contributed by atoms with Gasteiger partial charge in [0.1, 0.15) is 12.2 Å². The number of carbonyl (C=O) groups excluding carboxylic acids is 3. The highest BCUT2D eigenvalue weighted by molar-refractivity contribution is 5.96. The van der Waals surface area contributed by atoms with Gasteiger partial charge in [0.15, 0.2) is 0 Å². The summed E-state index contributed by atoms with van der Waals surface area (Å²) >= 11 is 0. The first-order chi connectivity index (χ1) is 12.6. The molecular formula is C21H29NO5. The molecule has 0 N–H and O–H groups in total. The SMILES string of the molecule is CC(C)[C@@H]1COC(=O)N1C(=O)[C@@H](CC(=O)OC(C)(C)C)Cc1ccccc1. The first-order valence-electron chi connectivity index (χ1n) is 9.34. The molecule has 1 fully saturated rings. The number of benzene rings is 1. The van der Waals surface area contributed by atoms with Gasteiger partial charge in [-0.15, -0.1) is 0 Å². The van der Waals surface area contributed by atoms with Crippen LogP contribution in [0.4, 0.5) is 4.79 Å². The topological polar surface area (TPSA) is 72.9 Å². The molecule has 6 nitrogen and oxygen atoms in total. The van der Waals surface area contributed by atoms with Crippen molar-refractivity contribution in [3.63, 3.8) is 0 Å². The number of amides is 2. The minimum Gasteiger partial charge on any atom is -0.460 e. The number of ether oxygens (including phenoxy) is 2. The molecule has 2 amide bonds. The van der Waals surface area contributed by atoms with Crippen LogP contribution in [0.3, 0.4) is 0 Å². The smallest absolute Gasteiger partial charge is 0.416 e. The minimum atomic E-state index is -0.686. The molecule has 2 rings (SSSR count). The molecule has 0 aliphatic carbocycles. The van der Waals surface area contributed by atoms with Gasteiger partial charge in [-0.2, -0.15) is 0 Å². The number of rotatable bonds is 6. The Balaban J connectivity index is 2.23. The minimum absolute atomic E-state index is 0.0688. The largest absolute Gasteiger partial charge is 0.460 e. The summed E-state index contributed by atoms with van der Waals surface area (Å²) < 4.78 is 10.5. The van der Waals surface area contributed by atoms with E-state index < -0.39 is 23.6 Å². The van der Waals surface area contributed by atoms with Gasteiger partial charge in [0.25, 0.3) is 0 Å². The second kappa shape index (κ2) is 8.55. The van der Waals surface area contributed by atoms with E-state index in [1.807, 2.05) is 44.2 Å². The summed E-state index contributed by atoms with van der Waals surface area (Å²) in [6.07, 6.45) is -0.367. The number of cyclic esters (lactones) is 1. The number of hydrogen-bond donors (Lipinski definition) is 0. The molecule has 0 unspecified atom stereocenters. The van der Waals surface area contributed by atoms with E-state index >= 15 is 0 Å². The second-order valence-electron chi connectivity index (χ2n) is 8.27. The van der Waals surface area contributed by atoms with E-state index in [1.165, 1.54) is 4.90 Å². The summed E-state index contributed by atoms with van der Waals surface area (Å²) in [5.74, 6) is -1.45. The van der Waals surface area contributed by atoms with Crippen molar-refractivity contribution in [2.45, 2.75) is 59.1 Å². The van der Waals surface area contributed by atoms with Gasteiger partial charge in [0.05, 0.1) is 18.4 Å². The van der Waals surface area contributed by atoms with Crippen molar-refractivity contribution in [3.8, 4) is 0 Å². The normalized spacial score (nSPS) is 18.4. The number of esters is 1. The molecular weight excluding hydrogens is 346 g/mol. The third-order valence-electron chi connectivity index (χ3n) is 4.42. The average molecular weight is 375 g/mol. The Bertz CT molecular complexity index is 678. The molecule has 6 heteroatoms. The predicted molar refractivity (Wildman–Crippen MR) is 101 cm³/mol. The second-order valence-corrected chi connectivity index (χ2v) is 8.27. The summed E-state index contributed by atoms with van der Waals surface area (Å²) in [7, 11) is 0. The molecule has 0 spiro atoms. The number of hydrogen-bond acceptors (Lipinski definition) is 5. The molecule has 148 valence electrons. The standard InChI is InChI=1S/C21H29NO5/c1-14(2)17-13-26-20(25)22(17)19(24)16(11-15-9-7-6-8-10-15)12-18(23)27-21(3,4)5/h6-10,14,16-17H,11-13H2,1-5H3/t16-,17+/m1/s1. The fourth-order valence-electron chi connectivity index (χ4n) is 3.11. The lowest BCUT2D eigenvalue weighted by atomic mass is 9.93. The first kappa shape index (κ1) is 20.9. The van der Waals surface area contributed by atoms with Crippen LogP contribution in [-0.4, -0.2) is 41.1 Å². The van der Waals surface area contributed by atoms with Gasteiger partial charge in [-0.05, 0) is 38.7 Å². The molecule has 2 atom stereocenters. The van der Waals surface area contributed by atoms with E-state index in [-0.39, 0.29) is 30.9 Å². The van der Waals surface area contributed by atoms with Crippen molar-refractivity contribution in [2.75, 3.05) is 6.61 Å². The third kappa shape index (κ3) is 5.81. The van der Waals surface area contributed by atoms with Crippen molar-refractivity contribution >= 4 is 18.0 Å². The van der Waals surface area contributed by atoms with Crippen LogP contribution in [0, 0.1) is 11.8 Å². The Labute approximate surface area is 160 Å². The fraction of sp³-hybridized carbons (Fsp3) is 0.571. The van der Waals surface area contributed by atoms with E-state index in [4.69, 9.17) is 9.47 Å². The molecule has 0 saturated carbocycles. The van der Waals surface area contributed by atoms with Crippen LogP contribution in [-0.2, 0) is 25.5 Å². The molecule has 0 bridgehead atoms. The quantitative estimate of drug-likeness (QED) is 0.711. The van der Waals surface area contributed by atoms with Crippen LogP contribution in [0.5, 0.6) is 0 Å². The molecule has 27 heavy (non-hydrogen) atoms. The zero-order chi connectivity index (χ0) is 20.2. The molecule has 1 aromatic carbocycles. The van der Waals surface area contributed by atoms with Crippen LogP contribution in [0.25, 0.3) is 0 Å². The molecule has 1 heterocycles. The van der Waals surface area contributed by atoms with Gasteiger partial charge >= 0.3 is 12.1 Å². The van der Waals surface area contributed by atoms with Crippen LogP contribution in [0.2, 0.25) is 0 Å². The highest BCUT2D eigenvalue weighted by Crippen LogP contribution is 2.25. The molecule has 1 aliphatic rings. The molecule has 0 radical (unpaired) electrons. The number of nitrogens with zero attached hydrogens (tertiary/aromatic N) is 1. The molecule has 1 saturated heterocycles. The Morgan fingerprint density at radius 1 is 1.22 bits per heavy atom. The number of imide groups is 1. The summed E-state index contributed by atoms with van der Waals surface area (Å²) in [5.41, 5.74) is 0.290. The van der Waals surface area contributed by atoms with Crippen molar-refractivity contribution in [1.29, 1.82) is 0 Å². The molecule has 1 aliphatic heterocycles. The zero-order valence-corrected chi connectivity index (χ0v) is 16.7. The zero-order valence-electron chi connectivity index (χ0n) is 16.7. The van der Waals surface area contributed by atoms with E-state index in [1.54, 1.807) is 20.8 Å². The van der Waals surface area contributed by atoms with Gasteiger partial charge < -0.3 is 9.47 Å². The maximum Gasteiger partial charge on any atom is 0.416 e. The summed E-state index contributed by atoms with van der Waals surface area (Å²) in [6.45, 7) is 9.41. The maximum atomic E-state index is 13.2. The van der Waals surface area contributed by atoms with Crippen molar-refractivity contribution in [2.24, 2.45) is 11.8 Å². The maximum absolute atomic E-state index is 13.2. The lowest BCUT2D eigenvalue weighted by Crippen LogP contribution is -2.46. The van der Waals surface area contributed by atoms with Gasteiger partial charge in [-0.1, -0.05) is 44.2 Å². The molecule has 1 aromatic rings.